The molecule has 124 valence electrons. The van der Waals surface area contributed by atoms with E-state index >= 15 is 0 Å². The van der Waals surface area contributed by atoms with E-state index in [2.05, 4.69) is 12.2 Å². The zero-order chi connectivity index (χ0) is 17.0. The second-order valence-electron chi connectivity index (χ2n) is 5.87. The van der Waals surface area contributed by atoms with Gasteiger partial charge < -0.3 is 16.3 Å². The summed E-state index contributed by atoms with van der Waals surface area (Å²) in [5.41, 5.74) is 5.33. The normalized spacial score (nSPS) is 13.7. The number of nitrogens with one attached hydrogen (secondary N) is 1. The second-order valence-corrected chi connectivity index (χ2v) is 5.87. The summed E-state index contributed by atoms with van der Waals surface area (Å²) in [5, 5.41) is 13.6. The lowest BCUT2D eigenvalue weighted by molar-refractivity contribution is 0.0888. The summed E-state index contributed by atoms with van der Waals surface area (Å²) in [6.45, 7) is 4.42. The van der Waals surface area contributed by atoms with Gasteiger partial charge in [0, 0.05) is 12.6 Å². The number of rotatable bonds is 6. The van der Waals surface area contributed by atoms with Gasteiger partial charge in [0.1, 0.15) is 5.69 Å². The van der Waals surface area contributed by atoms with Crippen LogP contribution in [0.1, 0.15) is 37.2 Å². The van der Waals surface area contributed by atoms with Crippen molar-refractivity contribution < 1.29 is 10.0 Å². The number of hydrogen-bond acceptors (Lipinski definition) is 4. The van der Waals surface area contributed by atoms with Crippen molar-refractivity contribution in [3.05, 3.63) is 46.4 Å². The molecule has 6 nitrogen and oxygen atoms in total. The van der Waals surface area contributed by atoms with Gasteiger partial charge in [-0.2, -0.15) is 0 Å². The molecule has 0 aliphatic heterocycles. The number of benzene rings is 1. The van der Waals surface area contributed by atoms with Crippen LogP contribution < -0.4 is 16.6 Å². The Morgan fingerprint density at radius 1 is 1.39 bits per heavy atom. The maximum absolute atomic E-state index is 12.3. The lowest BCUT2D eigenvalue weighted by atomic mass is 9.97. The lowest BCUT2D eigenvalue weighted by Crippen LogP contribution is -2.42. The number of hydrogen-bond donors (Lipinski definition) is 3. The number of carbonyl (C=O) groups excluding carboxylic acids is 1. The van der Waals surface area contributed by atoms with Crippen LogP contribution in [0.2, 0.25) is 0 Å². The minimum absolute atomic E-state index is 0.0935. The van der Waals surface area contributed by atoms with Gasteiger partial charge in [-0.25, -0.2) is 0 Å². The molecule has 2 aromatic rings. The predicted molar refractivity (Wildman–Crippen MR) is 89.8 cm³/mol. The van der Waals surface area contributed by atoms with Crippen LogP contribution in [0.25, 0.3) is 10.8 Å². The van der Waals surface area contributed by atoms with E-state index in [-0.39, 0.29) is 17.7 Å². The van der Waals surface area contributed by atoms with Crippen LogP contribution in [-0.4, -0.2) is 28.4 Å². The molecule has 1 heterocycles. The second kappa shape index (κ2) is 7.28. The largest absolute Gasteiger partial charge is 0.425 e. The molecule has 0 fully saturated rings. The van der Waals surface area contributed by atoms with Crippen LogP contribution in [0.15, 0.2) is 35.1 Å². The monoisotopic (exact) mass is 317 g/mol. The molecule has 1 amide bonds. The highest BCUT2D eigenvalue weighted by Gasteiger charge is 2.17. The van der Waals surface area contributed by atoms with Gasteiger partial charge in [0.25, 0.3) is 11.5 Å². The highest BCUT2D eigenvalue weighted by molar-refractivity contribution is 5.96. The Balaban J connectivity index is 2.18. The first-order valence-electron chi connectivity index (χ1n) is 7.83. The van der Waals surface area contributed by atoms with E-state index in [1.165, 1.54) is 6.07 Å². The van der Waals surface area contributed by atoms with E-state index < -0.39 is 11.5 Å². The van der Waals surface area contributed by atoms with Crippen molar-refractivity contribution in [2.24, 2.45) is 11.7 Å². The molecule has 0 saturated carbocycles. The standard InChI is InChI=1S/C17H23N3O3/c1-3-6-11(2)14(18)10-19-16(21)15-9-12-7-4-5-8-13(12)17(22)20(15)23/h4-5,7-9,11,14,23H,3,6,10,18H2,1-2H3,(H,19,21). The van der Waals surface area contributed by atoms with E-state index in [1.807, 2.05) is 6.92 Å². The van der Waals surface area contributed by atoms with Gasteiger partial charge in [0.15, 0.2) is 0 Å². The molecule has 2 rings (SSSR count). The number of pyridine rings is 1. The van der Waals surface area contributed by atoms with Crippen LogP contribution in [-0.2, 0) is 0 Å². The van der Waals surface area contributed by atoms with Gasteiger partial charge >= 0.3 is 0 Å². The first-order valence-corrected chi connectivity index (χ1v) is 7.83. The van der Waals surface area contributed by atoms with E-state index in [0.29, 0.717) is 22.0 Å². The molecule has 0 saturated heterocycles. The van der Waals surface area contributed by atoms with Gasteiger partial charge in [-0.1, -0.05) is 38.5 Å². The summed E-state index contributed by atoms with van der Waals surface area (Å²) in [6, 6.07) is 8.13. The fourth-order valence-electron chi connectivity index (χ4n) is 2.58. The number of amides is 1. The summed E-state index contributed by atoms with van der Waals surface area (Å²) in [5.74, 6) is -0.234. The number of nitrogens with zero attached hydrogens (tertiary/aromatic N) is 1. The maximum Gasteiger partial charge on any atom is 0.291 e. The minimum atomic E-state index is -0.614. The topological polar surface area (TPSA) is 97.4 Å². The summed E-state index contributed by atoms with van der Waals surface area (Å²) in [6.07, 6.45) is 2.02. The maximum atomic E-state index is 12.3. The summed E-state index contributed by atoms with van der Waals surface area (Å²) in [4.78, 5) is 24.4. The number of nitrogens with two attached hydrogens (primary N) is 1. The number of fused-ring (bicyclic) bond motifs is 1. The Morgan fingerprint density at radius 3 is 2.78 bits per heavy atom. The summed E-state index contributed by atoms with van der Waals surface area (Å²) < 4.78 is 0.388. The molecule has 1 aromatic heterocycles. The molecule has 2 unspecified atom stereocenters. The van der Waals surface area contributed by atoms with Gasteiger partial charge in [-0.3, -0.25) is 9.59 Å². The zero-order valence-corrected chi connectivity index (χ0v) is 13.5. The van der Waals surface area contributed by atoms with Crippen LogP contribution in [0.4, 0.5) is 0 Å². The fourth-order valence-corrected chi connectivity index (χ4v) is 2.58. The van der Waals surface area contributed by atoms with Crippen LogP contribution >= 0.6 is 0 Å². The third-order valence-electron chi connectivity index (χ3n) is 4.11. The Labute approximate surface area is 134 Å². The van der Waals surface area contributed by atoms with Crippen molar-refractivity contribution in [2.75, 3.05) is 6.54 Å². The quantitative estimate of drug-likeness (QED) is 0.707. The van der Waals surface area contributed by atoms with Crippen molar-refractivity contribution in [3.63, 3.8) is 0 Å². The highest BCUT2D eigenvalue weighted by Crippen LogP contribution is 2.12. The molecule has 23 heavy (non-hydrogen) atoms. The van der Waals surface area contributed by atoms with E-state index in [1.54, 1.807) is 24.3 Å². The van der Waals surface area contributed by atoms with Crippen LogP contribution in [0.3, 0.4) is 0 Å². The number of aromatic nitrogens is 1. The zero-order valence-electron chi connectivity index (χ0n) is 13.5. The fraction of sp³-hybridized carbons (Fsp3) is 0.412. The van der Waals surface area contributed by atoms with E-state index in [0.717, 1.165) is 12.8 Å². The van der Waals surface area contributed by atoms with Crippen molar-refractivity contribution >= 4 is 16.7 Å². The molecule has 6 heteroatoms. The average molecular weight is 317 g/mol. The Bertz CT molecular complexity index is 754. The first-order chi connectivity index (χ1) is 11.0. The molecule has 0 aliphatic carbocycles. The first kappa shape index (κ1) is 17.0. The molecule has 0 bridgehead atoms. The highest BCUT2D eigenvalue weighted by atomic mass is 16.5. The molecule has 1 aromatic carbocycles. The Kier molecular flexibility index (Phi) is 5.39. The lowest BCUT2D eigenvalue weighted by Gasteiger charge is -2.19. The third-order valence-corrected chi connectivity index (χ3v) is 4.11. The molecule has 4 N–H and O–H groups in total. The predicted octanol–water partition coefficient (Wildman–Crippen LogP) is 1.73. The SMILES string of the molecule is CCCC(C)C(N)CNC(=O)c1cc2ccccc2c(=O)n1O. The third kappa shape index (κ3) is 3.71. The molecule has 0 spiro atoms. The smallest absolute Gasteiger partial charge is 0.291 e. The number of carbonyl (C=O) groups is 1. The average Bonchev–Trinajstić information content (AvgIpc) is 2.55. The summed E-state index contributed by atoms with van der Waals surface area (Å²) in [7, 11) is 0. The Morgan fingerprint density at radius 2 is 2.09 bits per heavy atom. The van der Waals surface area contributed by atoms with Crippen LogP contribution in [0.5, 0.6) is 0 Å². The van der Waals surface area contributed by atoms with Gasteiger partial charge in [-0.15, -0.1) is 4.73 Å². The van der Waals surface area contributed by atoms with Gasteiger partial charge in [0.2, 0.25) is 0 Å². The molecule has 0 radical (unpaired) electrons. The minimum Gasteiger partial charge on any atom is -0.425 e. The van der Waals surface area contributed by atoms with Gasteiger partial charge in [-0.05, 0) is 29.9 Å². The molecule has 2 atom stereocenters. The molecule has 0 aliphatic rings. The van der Waals surface area contributed by atoms with E-state index in [4.69, 9.17) is 5.73 Å². The molecular weight excluding hydrogens is 294 g/mol. The molecular formula is C17H23N3O3. The van der Waals surface area contributed by atoms with Crippen LogP contribution in [0, 0.1) is 5.92 Å². The van der Waals surface area contributed by atoms with Gasteiger partial charge in [0.05, 0.1) is 5.39 Å². The van der Waals surface area contributed by atoms with Crippen molar-refractivity contribution in [1.29, 1.82) is 0 Å². The summed E-state index contributed by atoms with van der Waals surface area (Å²) >= 11 is 0. The van der Waals surface area contributed by atoms with Crippen molar-refractivity contribution in [1.82, 2.24) is 10.0 Å². The van der Waals surface area contributed by atoms with Crippen molar-refractivity contribution in [2.45, 2.75) is 32.7 Å². The van der Waals surface area contributed by atoms with Crippen molar-refractivity contribution in [3.8, 4) is 0 Å². The Hall–Kier alpha value is -2.34. The van der Waals surface area contributed by atoms with E-state index in [9.17, 15) is 14.8 Å².